The molecule has 0 unspecified atom stereocenters. The van der Waals surface area contributed by atoms with Crippen LogP contribution in [0.5, 0.6) is 0 Å². The van der Waals surface area contributed by atoms with Crippen LogP contribution in [0.2, 0.25) is 0 Å². The Balaban J connectivity index is 3.18. The number of H-pyrrole nitrogens is 2. The Morgan fingerprint density at radius 3 is 2.93 bits per heavy atom. The smallest absolute Gasteiger partial charge is 0.258 e. The van der Waals surface area contributed by atoms with Crippen molar-refractivity contribution in [1.29, 1.82) is 5.26 Å². The van der Waals surface area contributed by atoms with Gasteiger partial charge in [0.25, 0.3) is 5.56 Å². The first-order valence-corrected chi connectivity index (χ1v) is 4.29. The van der Waals surface area contributed by atoms with E-state index in [1.165, 1.54) is 10.5 Å². The molecule has 0 saturated heterocycles. The minimum Gasteiger partial charge on any atom is -0.282 e. The summed E-state index contributed by atoms with van der Waals surface area (Å²) in [5.74, 6) is 0. The lowest BCUT2D eigenvalue weighted by Gasteiger charge is -1.97. The van der Waals surface area contributed by atoms with Crippen LogP contribution < -0.4 is 5.56 Å². The van der Waals surface area contributed by atoms with Gasteiger partial charge in [-0.3, -0.25) is 15.0 Å². The summed E-state index contributed by atoms with van der Waals surface area (Å²) in [5, 5.41) is 14.2. The topological polar surface area (TPSA) is 76.8 Å². The van der Waals surface area contributed by atoms with Gasteiger partial charge in [-0.2, -0.15) is 5.26 Å². The molecule has 0 fully saturated rings. The molecule has 0 saturated carbocycles. The number of aromatic amines is 2. The lowest BCUT2D eigenvalue weighted by molar-refractivity contribution is 1.04. The summed E-state index contributed by atoms with van der Waals surface area (Å²) >= 11 is 4.89. The first-order chi connectivity index (χ1) is 6.65. The van der Waals surface area contributed by atoms with Gasteiger partial charge in [0.15, 0.2) is 5.65 Å². The molecule has 0 aromatic carbocycles. The van der Waals surface area contributed by atoms with Crippen molar-refractivity contribution in [2.45, 2.75) is 6.92 Å². The zero-order chi connectivity index (χ0) is 10.3. The van der Waals surface area contributed by atoms with E-state index in [9.17, 15) is 4.79 Å². The third kappa shape index (κ3) is 0.995. The van der Waals surface area contributed by atoms with E-state index in [0.29, 0.717) is 16.8 Å². The van der Waals surface area contributed by atoms with E-state index in [2.05, 4.69) is 10.2 Å². The van der Waals surface area contributed by atoms with Gasteiger partial charge in [-0.1, -0.05) is 0 Å². The molecular weight excluding hydrogens is 200 g/mol. The number of aromatic nitrogens is 3. The van der Waals surface area contributed by atoms with Gasteiger partial charge in [-0.05, 0) is 24.7 Å². The number of nitrogens with zero attached hydrogens (tertiary/aromatic N) is 2. The van der Waals surface area contributed by atoms with Crippen molar-refractivity contribution in [2.24, 2.45) is 0 Å². The van der Waals surface area contributed by atoms with Crippen LogP contribution in [-0.2, 0) is 0 Å². The standard InChI is InChI=1S/C8H6N4OS/c1-4-2-6(13)12-7(5(4)3-9)10-11-8(12)14/h2,10H,1H3,(H,11,14). The van der Waals surface area contributed by atoms with Crippen LogP contribution in [0.25, 0.3) is 5.65 Å². The number of fused-ring (bicyclic) bond motifs is 1. The Morgan fingerprint density at radius 2 is 2.29 bits per heavy atom. The largest absolute Gasteiger partial charge is 0.282 e. The van der Waals surface area contributed by atoms with Crippen molar-refractivity contribution < 1.29 is 0 Å². The van der Waals surface area contributed by atoms with Gasteiger partial charge in [0.1, 0.15) is 6.07 Å². The summed E-state index contributed by atoms with van der Waals surface area (Å²) in [4.78, 5) is 11.5. The highest BCUT2D eigenvalue weighted by molar-refractivity contribution is 7.71. The van der Waals surface area contributed by atoms with Crippen LogP contribution in [0.3, 0.4) is 0 Å². The zero-order valence-electron chi connectivity index (χ0n) is 7.29. The summed E-state index contributed by atoms with van der Waals surface area (Å²) < 4.78 is 1.53. The van der Waals surface area contributed by atoms with E-state index < -0.39 is 0 Å². The molecule has 0 atom stereocenters. The molecule has 0 aliphatic carbocycles. The average Bonchev–Trinajstić information content (AvgIpc) is 2.49. The SMILES string of the molecule is Cc1cc(=O)n2c(=S)[nH][nH]c2c1C#N. The highest BCUT2D eigenvalue weighted by Crippen LogP contribution is 2.09. The molecule has 0 aliphatic rings. The molecule has 5 nitrogen and oxygen atoms in total. The highest BCUT2D eigenvalue weighted by Gasteiger charge is 2.08. The summed E-state index contributed by atoms with van der Waals surface area (Å²) in [6.07, 6.45) is 0. The van der Waals surface area contributed by atoms with Crippen LogP contribution in [-0.4, -0.2) is 14.6 Å². The van der Waals surface area contributed by atoms with Crippen molar-refractivity contribution in [3.8, 4) is 6.07 Å². The van der Waals surface area contributed by atoms with Crippen LogP contribution in [0.15, 0.2) is 10.9 Å². The molecule has 6 heteroatoms. The molecule has 2 N–H and O–H groups in total. The van der Waals surface area contributed by atoms with Crippen molar-refractivity contribution in [2.75, 3.05) is 0 Å². The predicted octanol–water partition coefficient (Wildman–Crippen LogP) is 0.865. The first kappa shape index (κ1) is 8.72. The maximum absolute atomic E-state index is 11.5. The molecule has 0 amide bonds. The fraction of sp³-hybridized carbons (Fsp3) is 0.125. The number of hydrogen-bond acceptors (Lipinski definition) is 3. The van der Waals surface area contributed by atoms with Crippen LogP contribution in [0.4, 0.5) is 0 Å². The fourth-order valence-electron chi connectivity index (χ4n) is 1.36. The van der Waals surface area contributed by atoms with Crippen LogP contribution in [0.1, 0.15) is 11.1 Å². The molecule has 70 valence electrons. The zero-order valence-corrected chi connectivity index (χ0v) is 8.10. The van der Waals surface area contributed by atoms with Gasteiger partial charge >= 0.3 is 0 Å². The first-order valence-electron chi connectivity index (χ1n) is 3.88. The summed E-state index contributed by atoms with van der Waals surface area (Å²) in [7, 11) is 0. The number of nitrogens with one attached hydrogen (secondary N) is 2. The Labute approximate surface area is 83.6 Å². The lowest BCUT2D eigenvalue weighted by Crippen LogP contribution is -2.13. The van der Waals surface area contributed by atoms with E-state index >= 15 is 0 Å². The minimum atomic E-state index is -0.237. The predicted molar refractivity (Wildman–Crippen MR) is 52.7 cm³/mol. The molecule has 2 aromatic rings. The Hall–Kier alpha value is -1.87. The van der Waals surface area contributed by atoms with Gasteiger partial charge in [0, 0.05) is 6.07 Å². The third-order valence-corrected chi connectivity index (χ3v) is 2.30. The van der Waals surface area contributed by atoms with E-state index in [1.807, 2.05) is 6.07 Å². The van der Waals surface area contributed by atoms with Gasteiger partial charge in [0.2, 0.25) is 4.77 Å². The fourth-order valence-corrected chi connectivity index (χ4v) is 1.59. The quantitative estimate of drug-likeness (QED) is 0.628. The summed E-state index contributed by atoms with van der Waals surface area (Å²) in [5.41, 5.74) is 1.25. The molecule has 14 heavy (non-hydrogen) atoms. The molecule has 0 radical (unpaired) electrons. The van der Waals surface area contributed by atoms with E-state index in [-0.39, 0.29) is 10.3 Å². The second-order valence-electron chi connectivity index (χ2n) is 2.89. The van der Waals surface area contributed by atoms with Gasteiger partial charge < -0.3 is 0 Å². The van der Waals surface area contributed by atoms with E-state index in [1.54, 1.807) is 6.92 Å². The van der Waals surface area contributed by atoms with Crippen LogP contribution in [0, 0.1) is 23.0 Å². The number of aryl methyl sites for hydroxylation is 1. The molecule has 2 aromatic heterocycles. The molecule has 2 rings (SSSR count). The summed E-state index contributed by atoms with van der Waals surface area (Å²) in [6.45, 7) is 1.71. The van der Waals surface area contributed by atoms with Crippen molar-refractivity contribution in [3.05, 3.63) is 32.3 Å². The number of nitriles is 1. The molecular formula is C8H6N4OS. The van der Waals surface area contributed by atoms with Crippen molar-refractivity contribution in [3.63, 3.8) is 0 Å². The maximum atomic E-state index is 11.5. The summed E-state index contributed by atoms with van der Waals surface area (Å²) in [6, 6.07) is 3.41. The lowest BCUT2D eigenvalue weighted by atomic mass is 10.2. The Morgan fingerprint density at radius 1 is 1.57 bits per heavy atom. The molecule has 0 aliphatic heterocycles. The minimum absolute atomic E-state index is 0.237. The second kappa shape index (κ2) is 2.82. The van der Waals surface area contributed by atoms with Crippen LogP contribution >= 0.6 is 12.2 Å². The second-order valence-corrected chi connectivity index (χ2v) is 3.28. The Kier molecular flexibility index (Phi) is 1.75. The average molecular weight is 206 g/mol. The molecule has 0 bridgehead atoms. The monoisotopic (exact) mass is 206 g/mol. The maximum Gasteiger partial charge on any atom is 0.258 e. The number of rotatable bonds is 0. The van der Waals surface area contributed by atoms with E-state index in [4.69, 9.17) is 17.5 Å². The van der Waals surface area contributed by atoms with E-state index in [0.717, 1.165) is 0 Å². The van der Waals surface area contributed by atoms with Gasteiger partial charge in [-0.25, -0.2) is 4.40 Å². The molecule has 2 heterocycles. The molecule has 0 spiro atoms. The van der Waals surface area contributed by atoms with Crippen molar-refractivity contribution in [1.82, 2.24) is 14.6 Å². The van der Waals surface area contributed by atoms with Crippen molar-refractivity contribution >= 4 is 17.9 Å². The van der Waals surface area contributed by atoms with Gasteiger partial charge in [-0.15, -0.1) is 0 Å². The number of hydrogen-bond donors (Lipinski definition) is 2. The number of pyridine rings is 1. The Bertz CT molecular complexity index is 655. The normalized spacial score (nSPS) is 10.3. The third-order valence-electron chi connectivity index (χ3n) is 2.02. The highest BCUT2D eigenvalue weighted by atomic mass is 32.1. The van der Waals surface area contributed by atoms with Gasteiger partial charge in [0.05, 0.1) is 5.56 Å².